The van der Waals surface area contributed by atoms with Crippen molar-refractivity contribution < 1.29 is 9.90 Å². The zero-order valence-electron chi connectivity index (χ0n) is 11.2. The second kappa shape index (κ2) is 5.33. The number of aliphatic hydroxyl groups is 1. The fraction of sp³-hybridized carbons (Fsp3) is 0.917. The molecule has 5 nitrogen and oxygen atoms in total. The van der Waals surface area contributed by atoms with Crippen LogP contribution < -0.4 is 11.1 Å². The molecule has 0 aromatic carbocycles. The van der Waals surface area contributed by atoms with Crippen LogP contribution in [-0.2, 0) is 4.79 Å². The molecule has 4 N–H and O–H groups in total. The van der Waals surface area contributed by atoms with Gasteiger partial charge in [0.2, 0.25) is 5.91 Å². The minimum absolute atomic E-state index is 0.0386. The van der Waals surface area contributed by atoms with E-state index in [1.54, 1.807) is 6.92 Å². The number of carbonyl (C=O) groups excluding carboxylic acids is 1. The topological polar surface area (TPSA) is 78.6 Å². The summed E-state index contributed by atoms with van der Waals surface area (Å²) in [6.45, 7) is 9.74. The van der Waals surface area contributed by atoms with Crippen molar-refractivity contribution in [2.75, 3.05) is 19.6 Å². The number of rotatable bonds is 3. The number of nitrogens with zero attached hydrogens (tertiary/aromatic N) is 1. The monoisotopic (exact) mass is 243 g/mol. The molecule has 100 valence electrons. The molecule has 0 saturated carbocycles. The van der Waals surface area contributed by atoms with Gasteiger partial charge in [0.05, 0.1) is 12.0 Å². The summed E-state index contributed by atoms with van der Waals surface area (Å²) in [6, 6.07) is -0.122. The van der Waals surface area contributed by atoms with Gasteiger partial charge in [-0.2, -0.15) is 0 Å². The molecule has 0 aromatic rings. The van der Waals surface area contributed by atoms with Crippen LogP contribution in [0.2, 0.25) is 0 Å². The molecule has 1 heterocycles. The van der Waals surface area contributed by atoms with E-state index in [-0.39, 0.29) is 30.0 Å². The highest BCUT2D eigenvalue weighted by Gasteiger charge is 2.39. The van der Waals surface area contributed by atoms with Gasteiger partial charge in [-0.3, -0.25) is 9.69 Å². The summed E-state index contributed by atoms with van der Waals surface area (Å²) in [5, 5.41) is 11.9. The van der Waals surface area contributed by atoms with Crippen molar-refractivity contribution in [3.05, 3.63) is 0 Å². The second-order valence-corrected chi connectivity index (χ2v) is 5.94. The molecule has 3 atom stereocenters. The van der Waals surface area contributed by atoms with E-state index in [0.717, 1.165) is 6.54 Å². The molecule has 5 heteroatoms. The third-order valence-corrected chi connectivity index (χ3v) is 3.22. The summed E-state index contributed by atoms with van der Waals surface area (Å²) in [6.07, 6.45) is -0.518. The third kappa shape index (κ3) is 3.94. The molecule has 0 bridgehead atoms. The van der Waals surface area contributed by atoms with E-state index < -0.39 is 6.10 Å². The molecule has 0 spiro atoms. The molecule has 0 aromatic heterocycles. The van der Waals surface area contributed by atoms with Gasteiger partial charge in [-0.15, -0.1) is 0 Å². The molecule has 0 radical (unpaired) electrons. The number of likely N-dealkylation sites (tertiary alicyclic amines) is 1. The molecule has 17 heavy (non-hydrogen) atoms. The highest BCUT2D eigenvalue weighted by atomic mass is 16.3. The van der Waals surface area contributed by atoms with Crippen molar-refractivity contribution >= 4 is 5.91 Å². The molecule has 1 rings (SSSR count). The van der Waals surface area contributed by atoms with Gasteiger partial charge in [-0.25, -0.2) is 0 Å². The largest absolute Gasteiger partial charge is 0.392 e. The van der Waals surface area contributed by atoms with Gasteiger partial charge >= 0.3 is 0 Å². The number of nitrogens with two attached hydrogens (primary N) is 1. The van der Waals surface area contributed by atoms with Crippen molar-refractivity contribution in [1.82, 2.24) is 10.2 Å². The van der Waals surface area contributed by atoms with Gasteiger partial charge in [0, 0.05) is 31.2 Å². The van der Waals surface area contributed by atoms with Crippen LogP contribution in [0.15, 0.2) is 0 Å². The molecule has 0 aliphatic carbocycles. The first-order chi connectivity index (χ1) is 7.71. The number of carbonyl (C=O) groups is 1. The Morgan fingerprint density at radius 3 is 2.53 bits per heavy atom. The second-order valence-electron chi connectivity index (χ2n) is 5.94. The van der Waals surface area contributed by atoms with Gasteiger partial charge < -0.3 is 16.2 Å². The number of hydrogen-bond donors (Lipinski definition) is 3. The summed E-state index contributed by atoms with van der Waals surface area (Å²) in [5.41, 5.74) is 6.05. The molecule has 1 saturated heterocycles. The minimum atomic E-state index is -0.518. The molecular formula is C12H25N3O2. The number of hydrogen-bond acceptors (Lipinski definition) is 4. The predicted octanol–water partition coefficient (Wildman–Crippen LogP) is -0.459. The quantitative estimate of drug-likeness (QED) is 0.627. The van der Waals surface area contributed by atoms with Crippen molar-refractivity contribution in [1.29, 1.82) is 0 Å². The van der Waals surface area contributed by atoms with E-state index in [1.165, 1.54) is 0 Å². The lowest BCUT2D eigenvalue weighted by molar-refractivity contribution is -0.125. The minimum Gasteiger partial charge on any atom is -0.392 e. The van der Waals surface area contributed by atoms with Crippen LogP contribution in [0.3, 0.4) is 0 Å². The maximum atomic E-state index is 11.9. The van der Waals surface area contributed by atoms with Crippen LogP contribution in [0, 0.1) is 5.92 Å². The van der Waals surface area contributed by atoms with Gasteiger partial charge in [-0.05, 0) is 27.7 Å². The maximum absolute atomic E-state index is 11.9. The first kappa shape index (κ1) is 14.4. The Morgan fingerprint density at radius 1 is 1.53 bits per heavy atom. The van der Waals surface area contributed by atoms with Crippen LogP contribution >= 0.6 is 0 Å². The van der Waals surface area contributed by atoms with Gasteiger partial charge in [0.15, 0.2) is 0 Å². The Balaban J connectivity index is 2.53. The van der Waals surface area contributed by atoms with E-state index in [1.807, 2.05) is 0 Å². The van der Waals surface area contributed by atoms with Crippen LogP contribution in [-0.4, -0.2) is 53.2 Å². The normalized spacial score (nSPS) is 28.1. The lowest BCUT2D eigenvalue weighted by atomic mass is 10.0. The van der Waals surface area contributed by atoms with Crippen molar-refractivity contribution in [3.8, 4) is 0 Å². The number of aliphatic hydroxyl groups excluding tert-OH is 1. The average Bonchev–Trinajstić information content (AvgIpc) is 2.56. The van der Waals surface area contributed by atoms with Crippen LogP contribution in [0.5, 0.6) is 0 Å². The van der Waals surface area contributed by atoms with Crippen molar-refractivity contribution in [2.24, 2.45) is 11.7 Å². The molecule has 1 aliphatic rings. The molecule has 1 fully saturated rings. The van der Waals surface area contributed by atoms with E-state index in [4.69, 9.17) is 10.8 Å². The fourth-order valence-corrected chi connectivity index (χ4v) is 2.03. The predicted molar refractivity (Wildman–Crippen MR) is 67.5 cm³/mol. The standard InChI is InChI=1S/C12H25N3O2/c1-8(16)5-14-11(17)9-6-15(7-10(9)13)12(2,3)4/h8-10,16H,5-7,13H2,1-4H3,(H,14,17)/t8?,9-,10+/m1/s1. The van der Waals surface area contributed by atoms with Crippen molar-refractivity contribution in [2.45, 2.75) is 45.4 Å². The smallest absolute Gasteiger partial charge is 0.226 e. The molecular weight excluding hydrogens is 218 g/mol. The number of nitrogens with one attached hydrogen (secondary N) is 1. The highest BCUT2D eigenvalue weighted by Crippen LogP contribution is 2.23. The summed E-state index contributed by atoms with van der Waals surface area (Å²) in [4.78, 5) is 14.1. The van der Waals surface area contributed by atoms with Crippen LogP contribution in [0.4, 0.5) is 0 Å². The first-order valence-electron chi connectivity index (χ1n) is 6.18. The Kier molecular flexibility index (Phi) is 4.52. The summed E-state index contributed by atoms with van der Waals surface area (Å²) in [5.74, 6) is -0.224. The molecule has 1 amide bonds. The lowest BCUT2D eigenvalue weighted by Crippen LogP contribution is -2.43. The van der Waals surface area contributed by atoms with E-state index >= 15 is 0 Å². The molecule has 1 aliphatic heterocycles. The van der Waals surface area contributed by atoms with Crippen LogP contribution in [0.1, 0.15) is 27.7 Å². The van der Waals surface area contributed by atoms with Gasteiger partial charge in [-0.1, -0.05) is 0 Å². The maximum Gasteiger partial charge on any atom is 0.226 e. The van der Waals surface area contributed by atoms with Crippen molar-refractivity contribution in [3.63, 3.8) is 0 Å². The Labute approximate surface area is 103 Å². The first-order valence-corrected chi connectivity index (χ1v) is 6.18. The van der Waals surface area contributed by atoms with Gasteiger partial charge in [0.25, 0.3) is 0 Å². The average molecular weight is 243 g/mol. The Morgan fingerprint density at radius 2 is 2.12 bits per heavy atom. The molecule has 1 unspecified atom stereocenters. The SMILES string of the molecule is CC(O)CNC(=O)[C@@H]1CN(C(C)(C)C)C[C@@H]1N. The summed E-state index contributed by atoms with van der Waals surface area (Å²) in [7, 11) is 0. The Bertz CT molecular complexity index is 273. The van der Waals surface area contributed by atoms with E-state index in [9.17, 15) is 4.79 Å². The number of amides is 1. The summed E-state index contributed by atoms with van der Waals surface area (Å²) < 4.78 is 0. The zero-order valence-corrected chi connectivity index (χ0v) is 11.2. The van der Waals surface area contributed by atoms with E-state index in [2.05, 4.69) is 31.0 Å². The zero-order chi connectivity index (χ0) is 13.2. The van der Waals surface area contributed by atoms with Gasteiger partial charge in [0.1, 0.15) is 0 Å². The summed E-state index contributed by atoms with van der Waals surface area (Å²) >= 11 is 0. The third-order valence-electron chi connectivity index (χ3n) is 3.22. The van der Waals surface area contributed by atoms with E-state index in [0.29, 0.717) is 6.54 Å². The Hall–Kier alpha value is -0.650. The fourth-order valence-electron chi connectivity index (χ4n) is 2.03. The highest BCUT2D eigenvalue weighted by molar-refractivity contribution is 5.80. The lowest BCUT2D eigenvalue weighted by Gasteiger charge is -2.31. The van der Waals surface area contributed by atoms with Crippen LogP contribution in [0.25, 0.3) is 0 Å².